The first-order valence-corrected chi connectivity index (χ1v) is 14.6. The SMILES string of the molecule is CCP(=S)(Oc1ccccc1)N(SCNC(=O)ON=C(C)SC)c1cccc(C(F)(F)F)c1. The van der Waals surface area contributed by atoms with Crippen molar-refractivity contribution in [2.75, 3.05) is 22.4 Å². The van der Waals surface area contributed by atoms with Gasteiger partial charge in [0.15, 0.2) is 0 Å². The Hall–Kier alpha value is -1.88. The third-order valence-electron chi connectivity index (χ3n) is 4.02. The number of carbonyl (C=O) groups is 1. The lowest BCUT2D eigenvalue weighted by molar-refractivity contribution is -0.137. The van der Waals surface area contributed by atoms with Crippen LogP contribution in [0.15, 0.2) is 59.8 Å². The molecule has 0 aliphatic carbocycles. The van der Waals surface area contributed by atoms with Crippen molar-refractivity contribution in [1.29, 1.82) is 0 Å². The molecule has 0 spiro atoms. The molecule has 0 fully saturated rings. The van der Waals surface area contributed by atoms with Crippen LogP contribution < -0.4 is 13.9 Å². The van der Waals surface area contributed by atoms with Crippen LogP contribution in [0.1, 0.15) is 19.4 Å². The fraction of sp³-hybridized carbons (Fsp3) is 0.300. The number of amides is 1. The van der Waals surface area contributed by atoms with Crippen LogP contribution in [-0.4, -0.2) is 29.4 Å². The monoisotopic (exact) mass is 537 g/mol. The number of thioether (sulfide) groups is 1. The molecule has 1 amide bonds. The van der Waals surface area contributed by atoms with E-state index >= 15 is 0 Å². The predicted octanol–water partition coefficient (Wildman–Crippen LogP) is 6.95. The summed E-state index contributed by atoms with van der Waals surface area (Å²) in [6.45, 7) is 3.49. The van der Waals surface area contributed by atoms with Crippen molar-refractivity contribution >= 4 is 58.8 Å². The summed E-state index contributed by atoms with van der Waals surface area (Å²) in [4.78, 5) is 16.6. The lowest BCUT2D eigenvalue weighted by Gasteiger charge is -2.35. The summed E-state index contributed by atoms with van der Waals surface area (Å²) in [6.07, 6.45) is -6.05. The molecular formula is C20H23F3N3O3PS3. The number of carbonyl (C=O) groups excluding carboxylic acids is 1. The number of nitrogens with zero attached hydrogens (tertiary/aromatic N) is 2. The number of anilines is 1. The first-order valence-electron chi connectivity index (χ1n) is 9.57. The second kappa shape index (κ2) is 12.5. The fourth-order valence-electron chi connectivity index (χ4n) is 2.34. The van der Waals surface area contributed by atoms with E-state index in [1.165, 1.54) is 23.9 Å². The number of nitrogens with one attached hydrogen (secondary N) is 1. The van der Waals surface area contributed by atoms with Crippen LogP contribution in [0.5, 0.6) is 5.75 Å². The second-order valence-electron chi connectivity index (χ2n) is 6.32. The van der Waals surface area contributed by atoms with Gasteiger partial charge in [-0.05, 0) is 67.3 Å². The van der Waals surface area contributed by atoms with Crippen LogP contribution >= 0.6 is 30.1 Å². The molecule has 2 aromatic carbocycles. The summed E-state index contributed by atoms with van der Waals surface area (Å²) >= 11 is 8.20. The van der Waals surface area contributed by atoms with Gasteiger partial charge < -0.3 is 9.84 Å². The van der Waals surface area contributed by atoms with Crippen molar-refractivity contribution < 1.29 is 27.3 Å². The van der Waals surface area contributed by atoms with Crippen molar-refractivity contribution in [3.05, 3.63) is 60.2 Å². The molecule has 0 saturated carbocycles. The van der Waals surface area contributed by atoms with Crippen molar-refractivity contribution in [3.63, 3.8) is 0 Å². The molecule has 2 rings (SSSR count). The van der Waals surface area contributed by atoms with Gasteiger partial charge in [-0.25, -0.2) is 4.79 Å². The third-order valence-corrected chi connectivity index (χ3v) is 10.4. The maximum absolute atomic E-state index is 13.3. The summed E-state index contributed by atoms with van der Waals surface area (Å²) in [5.74, 6) is 0.480. The number of oxime groups is 1. The van der Waals surface area contributed by atoms with E-state index in [0.29, 0.717) is 17.0 Å². The Morgan fingerprint density at radius 1 is 1.21 bits per heavy atom. The van der Waals surface area contributed by atoms with E-state index < -0.39 is 24.2 Å². The lowest BCUT2D eigenvalue weighted by Crippen LogP contribution is -2.26. The van der Waals surface area contributed by atoms with Gasteiger partial charge in [0, 0.05) is 6.16 Å². The van der Waals surface area contributed by atoms with E-state index in [-0.39, 0.29) is 11.6 Å². The van der Waals surface area contributed by atoms with Gasteiger partial charge in [-0.3, -0.25) is 8.91 Å². The van der Waals surface area contributed by atoms with Gasteiger partial charge in [0.25, 0.3) is 0 Å². The van der Waals surface area contributed by atoms with Crippen LogP contribution in [0.4, 0.5) is 23.7 Å². The Morgan fingerprint density at radius 2 is 1.91 bits per heavy atom. The lowest BCUT2D eigenvalue weighted by atomic mass is 10.2. The van der Waals surface area contributed by atoms with Crippen LogP contribution in [0.3, 0.4) is 0 Å². The number of para-hydroxylation sites is 1. The van der Waals surface area contributed by atoms with Crippen LogP contribution in [0.2, 0.25) is 0 Å². The van der Waals surface area contributed by atoms with Crippen LogP contribution in [0.25, 0.3) is 0 Å². The van der Waals surface area contributed by atoms with E-state index in [1.54, 1.807) is 41.5 Å². The van der Waals surface area contributed by atoms with Gasteiger partial charge in [0.1, 0.15) is 10.8 Å². The molecule has 0 saturated heterocycles. The molecule has 0 aliphatic rings. The number of hydrogen-bond acceptors (Lipinski definition) is 7. The number of alkyl halides is 3. The Morgan fingerprint density at radius 3 is 2.52 bits per heavy atom. The van der Waals surface area contributed by atoms with Crippen LogP contribution in [-0.2, 0) is 22.8 Å². The molecule has 33 heavy (non-hydrogen) atoms. The van der Waals surface area contributed by atoms with E-state index in [2.05, 4.69) is 10.5 Å². The van der Waals surface area contributed by atoms with Gasteiger partial charge in [-0.2, -0.15) is 13.2 Å². The predicted molar refractivity (Wildman–Crippen MR) is 135 cm³/mol. The van der Waals surface area contributed by atoms with E-state index in [0.717, 1.165) is 24.1 Å². The van der Waals surface area contributed by atoms with Crippen molar-refractivity contribution in [3.8, 4) is 5.75 Å². The first kappa shape index (κ1) is 27.4. The Labute approximate surface area is 204 Å². The maximum atomic E-state index is 13.3. The third kappa shape index (κ3) is 8.44. The number of benzene rings is 2. The first-order chi connectivity index (χ1) is 15.6. The molecule has 13 heteroatoms. The Balaban J connectivity index is 2.30. The second-order valence-corrected chi connectivity index (χ2v) is 12.7. The Bertz CT molecular complexity index is 1010. The molecule has 0 radical (unpaired) electrons. The molecule has 6 nitrogen and oxygen atoms in total. The normalized spacial score (nSPS) is 13.7. The van der Waals surface area contributed by atoms with Gasteiger partial charge in [0.05, 0.1) is 17.1 Å². The minimum atomic E-state index is -4.52. The fourth-order valence-corrected chi connectivity index (χ4v) is 6.70. The molecule has 0 bridgehead atoms. The summed E-state index contributed by atoms with van der Waals surface area (Å²) in [7, 11) is 0. The van der Waals surface area contributed by atoms with Gasteiger partial charge >= 0.3 is 12.3 Å². The molecular weight excluding hydrogens is 514 g/mol. The highest BCUT2D eigenvalue weighted by Gasteiger charge is 2.33. The van der Waals surface area contributed by atoms with Crippen molar-refractivity contribution in [1.82, 2.24) is 5.32 Å². The highest BCUT2D eigenvalue weighted by atomic mass is 32.5. The molecule has 1 N–H and O–H groups in total. The average Bonchev–Trinajstić information content (AvgIpc) is 2.80. The highest BCUT2D eigenvalue weighted by molar-refractivity contribution is 8.21. The molecule has 1 atom stereocenters. The quantitative estimate of drug-likeness (QED) is 0.0707. The number of rotatable bonds is 9. The smallest absolute Gasteiger partial charge is 0.434 e. The minimum absolute atomic E-state index is 0.0283. The maximum Gasteiger partial charge on any atom is 0.434 e. The molecule has 180 valence electrons. The van der Waals surface area contributed by atoms with Gasteiger partial charge in [-0.15, -0.1) is 11.8 Å². The average molecular weight is 538 g/mol. The van der Waals surface area contributed by atoms with Crippen LogP contribution in [0, 0.1) is 0 Å². The number of hydrogen-bond donors (Lipinski definition) is 1. The zero-order valence-corrected chi connectivity index (χ0v) is 21.4. The minimum Gasteiger partial charge on any atom is -0.448 e. The topological polar surface area (TPSA) is 63.2 Å². The molecule has 1 unspecified atom stereocenters. The zero-order valence-electron chi connectivity index (χ0n) is 18.0. The summed E-state index contributed by atoms with van der Waals surface area (Å²) < 4.78 is 47.7. The Kier molecular flexibility index (Phi) is 10.4. The zero-order chi connectivity index (χ0) is 24.5. The standard InChI is InChI=1S/C20H23F3N3O3PS3/c1-4-30(31,29-18-11-6-5-7-12-18)26(17-10-8-9-16(13-17)20(21,22)23)33-14-24-19(27)28-25-15(2)32-3/h5-13H,4,14H2,1-3H3,(H,24,27). The van der Waals surface area contributed by atoms with E-state index in [4.69, 9.17) is 21.2 Å². The van der Waals surface area contributed by atoms with Gasteiger partial charge in [0.2, 0.25) is 6.42 Å². The van der Waals surface area contributed by atoms with Gasteiger partial charge in [-0.1, -0.05) is 36.3 Å². The molecule has 2 aromatic rings. The van der Waals surface area contributed by atoms with E-state index in [1.807, 2.05) is 13.0 Å². The molecule has 0 heterocycles. The molecule has 0 aliphatic heterocycles. The van der Waals surface area contributed by atoms with Crippen molar-refractivity contribution in [2.45, 2.75) is 20.0 Å². The largest absolute Gasteiger partial charge is 0.448 e. The summed E-state index contributed by atoms with van der Waals surface area (Å²) in [5.41, 5.74) is -0.584. The number of halogens is 3. The summed E-state index contributed by atoms with van der Waals surface area (Å²) in [6, 6.07) is 13.7. The molecule has 0 aromatic heterocycles. The van der Waals surface area contributed by atoms with Crippen molar-refractivity contribution in [2.24, 2.45) is 5.16 Å². The van der Waals surface area contributed by atoms with E-state index in [9.17, 15) is 18.0 Å². The highest BCUT2D eigenvalue weighted by Crippen LogP contribution is 2.56. The summed E-state index contributed by atoms with van der Waals surface area (Å²) in [5, 5.41) is 6.70.